The number of hydrogen-bond acceptors (Lipinski definition) is 5. The van der Waals surface area contributed by atoms with Gasteiger partial charge in [0, 0.05) is 6.61 Å². The van der Waals surface area contributed by atoms with Gasteiger partial charge in [-0.3, -0.25) is 0 Å². The van der Waals surface area contributed by atoms with Crippen molar-refractivity contribution in [2.24, 2.45) is 0 Å². The summed E-state index contributed by atoms with van der Waals surface area (Å²) in [5, 5.41) is 43.3. The SMILES string of the molecule is OCC[C@@H](O)[C@H](O)C(O)CO. The monoisotopic (exact) mass is 166 g/mol. The van der Waals surface area contributed by atoms with Crippen LogP contribution in [-0.4, -0.2) is 57.1 Å². The van der Waals surface area contributed by atoms with Crippen LogP contribution in [0.15, 0.2) is 0 Å². The van der Waals surface area contributed by atoms with Crippen molar-refractivity contribution in [1.82, 2.24) is 0 Å². The largest absolute Gasteiger partial charge is 0.396 e. The fourth-order valence-electron chi connectivity index (χ4n) is 0.667. The summed E-state index contributed by atoms with van der Waals surface area (Å²) in [6, 6.07) is 0. The average Bonchev–Trinajstić information content (AvgIpc) is 2.02. The van der Waals surface area contributed by atoms with Crippen molar-refractivity contribution in [3.63, 3.8) is 0 Å². The third kappa shape index (κ3) is 3.64. The van der Waals surface area contributed by atoms with Crippen LogP contribution in [0.2, 0.25) is 0 Å². The first-order chi connectivity index (χ1) is 5.13. The minimum Gasteiger partial charge on any atom is -0.396 e. The molecular formula is C6H14O5. The van der Waals surface area contributed by atoms with E-state index < -0.39 is 24.9 Å². The van der Waals surface area contributed by atoms with Crippen LogP contribution in [0, 0.1) is 0 Å². The lowest BCUT2D eigenvalue weighted by atomic mass is 10.1. The molecular weight excluding hydrogens is 152 g/mol. The number of aliphatic hydroxyl groups excluding tert-OH is 5. The number of aliphatic hydroxyl groups is 5. The Morgan fingerprint density at radius 3 is 1.82 bits per heavy atom. The zero-order valence-electron chi connectivity index (χ0n) is 6.09. The highest BCUT2D eigenvalue weighted by Crippen LogP contribution is 2.02. The Balaban J connectivity index is 3.70. The van der Waals surface area contributed by atoms with Crippen LogP contribution in [0.4, 0.5) is 0 Å². The molecule has 0 heterocycles. The molecule has 5 nitrogen and oxygen atoms in total. The highest BCUT2D eigenvalue weighted by Gasteiger charge is 2.22. The standard InChI is InChI=1S/C6H14O5/c7-2-1-4(9)6(11)5(10)3-8/h4-11H,1-3H2/t4-,5?,6+/m1/s1. The van der Waals surface area contributed by atoms with Gasteiger partial charge in [-0.1, -0.05) is 0 Å². The second-order valence-corrected chi connectivity index (χ2v) is 2.32. The molecule has 5 heteroatoms. The first-order valence-electron chi connectivity index (χ1n) is 3.39. The molecule has 0 bridgehead atoms. The highest BCUT2D eigenvalue weighted by atomic mass is 16.4. The van der Waals surface area contributed by atoms with E-state index in [0.717, 1.165) is 0 Å². The van der Waals surface area contributed by atoms with E-state index in [0.29, 0.717) is 0 Å². The lowest BCUT2D eigenvalue weighted by Gasteiger charge is -2.20. The summed E-state index contributed by atoms with van der Waals surface area (Å²) >= 11 is 0. The summed E-state index contributed by atoms with van der Waals surface area (Å²) < 4.78 is 0. The lowest BCUT2D eigenvalue weighted by Crippen LogP contribution is -2.39. The van der Waals surface area contributed by atoms with Crippen LogP contribution < -0.4 is 0 Å². The minimum absolute atomic E-state index is 0.0156. The lowest BCUT2D eigenvalue weighted by molar-refractivity contribution is -0.0813. The zero-order chi connectivity index (χ0) is 8.85. The van der Waals surface area contributed by atoms with E-state index in [1.807, 2.05) is 0 Å². The summed E-state index contributed by atoms with van der Waals surface area (Å²) in [4.78, 5) is 0. The van der Waals surface area contributed by atoms with E-state index in [2.05, 4.69) is 0 Å². The van der Waals surface area contributed by atoms with Crippen molar-refractivity contribution < 1.29 is 25.5 Å². The fraction of sp³-hybridized carbons (Fsp3) is 1.00. The van der Waals surface area contributed by atoms with Gasteiger partial charge in [-0.25, -0.2) is 0 Å². The number of rotatable bonds is 5. The predicted molar refractivity (Wildman–Crippen MR) is 36.8 cm³/mol. The van der Waals surface area contributed by atoms with Crippen molar-refractivity contribution in [2.75, 3.05) is 13.2 Å². The van der Waals surface area contributed by atoms with Crippen molar-refractivity contribution in [1.29, 1.82) is 0 Å². The predicted octanol–water partition coefficient (Wildman–Crippen LogP) is -2.56. The Hall–Kier alpha value is -0.200. The maximum Gasteiger partial charge on any atom is 0.108 e. The van der Waals surface area contributed by atoms with E-state index in [4.69, 9.17) is 25.5 Å². The third-order valence-corrected chi connectivity index (χ3v) is 1.40. The summed E-state index contributed by atoms with van der Waals surface area (Å²) in [6.07, 6.45) is -3.95. The van der Waals surface area contributed by atoms with E-state index in [1.165, 1.54) is 0 Å². The van der Waals surface area contributed by atoms with Crippen LogP contribution in [0.25, 0.3) is 0 Å². The fourth-order valence-corrected chi connectivity index (χ4v) is 0.667. The molecule has 68 valence electrons. The maximum atomic E-state index is 8.95. The molecule has 0 aliphatic carbocycles. The molecule has 11 heavy (non-hydrogen) atoms. The molecule has 0 spiro atoms. The van der Waals surface area contributed by atoms with E-state index in [-0.39, 0.29) is 13.0 Å². The van der Waals surface area contributed by atoms with Gasteiger partial charge in [0.25, 0.3) is 0 Å². The second kappa shape index (κ2) is 5.45. The van der Waals surface area contributed by atoms with Gasteiger partial charge in [0.15, 0.2) is 0 Å². The zero-order valence-corrected chi connectivity index (χ0v) is 6.09. The third-order valence-electron chi connectivity index (χ3n) is 1.40. The Morgan fingerprint density at radius 2 is 1.45 bits per heavy atom. The van der Waals surface area contributed by atoms with Gasteiger partial charge in [-0.2, -0.15) is 0 Å². The van der Waals surface area contributed by atoms with Gasteiger partial charge in [-0.05, 0) is 6.42 Å². The van der Waals surface area contributed by atoms with Crippen LogP contribution in [-0.2, 0) is 0 Å². The van der Waals surface area contributed by atoms with E-state index in [9.17, 15) is 0 Å². The number of hydrogen-bond donors (Lipinski definition) is 5. The summed E-state index contributed by atoms with van der Waals surface area (Å²) in [5.41, 5.74) is 0. The molecule has 0 aromatic heterocycles. The molecule has 0 rings (SSSR count). The summed E-state index contributed by atoms with van der Waals surface area (Å²) in [6.45, 7) is -0.875. The van der Waals surface area contributed by atoms with Crippen LogP contribution >= 0.6 is 0 Å². The van der Waals surface area contributed by atoms with Crippen LogP contribution in [0.3, 0.4) is 0 Å². The topological polar surface area (TPSA) is 101 Å². The Morgan fingerprint density at radius 1 is 0.909 bits per heavy atom. The first kappa shape index (κ1) is 10.8. The van der Waals surface area contributed by atoms with Crippen molar-refractivity contribution in [3.05, 3.63) is 0 Å². The van der Waals surface area contributed by atoms with Gasteiger partial charge in [0.1, 0.15) is 12.2 Å². The Bertz CT molecular complexity index is 97.0. The van der Waals surface area contributed by atoms with Crippen molar-refractivity contribution in [2.45, 2.75) is 24.7 Å². The minimum atomic E-state index is -1.40. The molecule has 1 unspecified atom stereocenters. The Labute approximate surface area is 64.5 Å². The van der Waals surface area contributed by atoms with Crippen molar-refractivity contribution >= 4 is 0 Å². The normalized spacial score (nSPS) is 19.4. The Kier molecular flexibility index (Phi) is 5.35. The molecule has 0 radical (unpaired) electrons. The molecule has 0 saturated carbocycles. The van der Waals surface area contributed by atoms with Crippen molar-refractivity contribution in [3.8, 4) is 0 Å². The quantitative estimate of drug-likeness (QED) is 0.309. The van der Waals surface area contributed by atoms with Gasteiger partial charge in [-0.15, -0.1) is 0 Å². The van der Waals surface area contributed by atoms with Gasteiger partial charge in [0.2, 0.25) is 0 Å². The van der Waals surface area contributed by atoms with Crippen LogP contribution in [0.1, 0.15) is 6.42 Å². The highest BCUT2D eigenvalue weighted by molar-refractivity contribution is 4.73. The molecule has 0 aliphatic heterocycles. The van der Waals surface area contributed by atoms with Gasteiger partial charge in [0.05, 0.1) is 12.7 Å². The van der Waals surface area contributed by atoms with Gasteiger partial charge >= 0.3 is 0 Å². The molecule has 0 amide bonds. The molecule has 0 aliphatic rings. The van der Waals surface area contributed by atoms with Gasteiger partial charge < -0.3 is 25.5 Å². The smallest absolute Gasteiger partial charge is 0.108 e. The molecule has 0 aromatic carbocycles. The van der Waals surface area contributed by atoms with E-state index >= 15 is 0 Å². The van der Waals surface area contributed by atoms with E-state index in [1.54, 1.807) is 0 Å². The molecule has 5 N–H and O–H groups in total. The molecule has 3 atom stereocenters. The average molecular weight is 166 g/mol. The molecule has 0 saturated heterocycles. The van der Waals surface area contributed by atoms with Crippen LogP contribution in [0.5, 0.6) is 0 Å². The summed E-state index contributed by atoms with van der Waals surface area (Å²) in [5.74, 6) is 0. The second-order valence-electron chi connectivity index (χ2n) is 2.32. The molecule has 0 aromatic rings. The maximum absolute atomic E-state index is 8.95. The first-order valence-corrected chi connectivity index (χ1v) is 3.39. The molecule has 0 fully saturated rings. The summed E-state index contributed by atoms with van der Waals surface area (Å²) in [7, 11) is 0.